The number of pyridine rings is 1. The molecule has 0 radical (unpaired) electrons. The molecule has 8 nitrogen and oxygen atoms in total. The molecule has 1 atom stereocenters. The van der Waals surface area contributed by atoms with Gasteiger partial charge in [0.05, 0.1) is 4.92 Å². The molecule has 1 fully saturated rings. The highest BCUT2D eigenvalue weighted by molar-refractivity contribution is 5.64. The number of anilines is 1. The molecule has 1 aliphatic heterocycles. The van der Waals surface area contributed by atoms with E-state index in [-0.39, 0.29) is 17.5 Å². The van der Waals surface area contributed by atoms with Gasteiger partial charge in [-0.05, 0) is 37.1 Å². The van der Waals surface area contributed by atoms with Crippen LogP contribution < -0.4 is 9.64 Å². The number of hydrogen-bond acceptors (Lipinski definition) is 7. The van der Waals surface area contributed by atoms with Crippen molar-refractivity contribution in [1.29, 1.82) is 0 Å². The third kappa shape index (κ3) is 3.42. The van der Waals surface area contributed by atoms with E-state index in [2.05, 4.69) is 22.9 Å². The van der Waals surface area contributed by atoms with Gasteiger partial charge in [-0.3, -0.25) is 10.1 Å². The smallest absolute Gasteiger partial charge is 0.431 e. The van der Waals surface area contributed by atoms with E-state index >= 15 is 0 Å². The molecule has 1 aromatic heterocycles. The summed E-state index contributed by atoms with van der Waals surface area (Å²) in [7, 11) is 0. The summed E-state index contributed by atoms with van der Waals surface area (Å²) < 4.78 is 10.4. The number of carbonyl (C=O) groups is 1. The van der Waals surface area contributed by atoms with Gasteiger partial charge in [-0.25, -0.2) is 9.78 Å². The Balaban J connectivity index is 1.29. The summed E-state index contributed by atoms with van der Waals surface area (Å²) in [6.45, 7) is 2.18. The Hall–Kier alpha value is -3.16. The van der Waals surface area contributed by atoms with Crippen molar-refractivity contribution in [3.63, 3.8) is 0 Å². The van der Waals surface area contributed by atoms with Crippen LogP contribution in [0.5, 0.6) is 5.75 Å². The monoisotopic (exact) mass is 369 g/mol. The molecule has 27 heavy (non-hydrogen) atoms. The lowest BCUT2D eigenvalue weighted by Crippen LogP contribution is -2.51. The van der Waals surface area contributed by atoms with Crippen molar-refractivity contribution in [2.24, 2.45) is 0 Å². The second-order valence-corrected chi connectivity index (χ2v) is 6.91. The molecule has 1 saturated carbocycles. The zero-order chi connectivity index (χ0) is 19.0. The van der Waals surface area contributed by atoms with Gasteiger partial charge in [-0.2, -0.15) is 0 Å². The lowest BCUT2D eigenvalue weighted by molar-refractivity contribution is -0.384. The fraction of sp³-hybridized carbons (Fsp3) is 0.368. The first-order valence-electron chi connectivity index (χ1n) is 8.86. The topological polar surface area (TPSA) is 94.8 Å². The molecule has 0 N–H and O–H groups in total. The fourth-order valence-electron chi connectivity index (χ4n) is 3.73. The molecule has 0 saturated heterocycles. The van der Waals surface area contributed by atoms with Crippen LogP contribution in [0.2, 0.25) is 0 Å². The van der Waals surface area contributed by atoms with E-state index in [9.17, 15) is 14.9 Å². The zero-order valence-corrected chi connectivity index (χ0v) is 14.8. The van der Waals surface area contributed by atoms with Crippen molar-refractivity contribution >= 4 is 17.7 Å². The normalized spacial score (nSPS) is 23.3. The second kappa shape index (κ2) is 6.86. The molecule has 2 aliphatic rings. The summed E-state index contributed by atoms with van der Waals surface area (Å²) >= 11 is 0. The minimum atomic E-state index is -0.791. The Morgan fingerprint density at radius 3 is 2.70 bits per heavy atom. The quantitative estimate of drug-likeness (QED) is 0.352. The average molecular weight is 369 g/mol. The molecule has 0 spiro atoms. The van der Waals surface area contributed by atoms with E-state index < -0.39 is 11.1 Å². The van der Waals surface area contributed by atoms with Crippen molar-refractivity contribution in [2.75, 3.05) is 4.90 Å². The van der Waals surface area contributed by atoms with E-state index in [4.69, 9.17) is 9.47 Å². The van der Waals surface area contributed by atoms with E-state index in [0.717, 1.165) is 25.1 Å². The third-order valence-electron chi connectivity index (χ3n) is 5.08. The van der Waals surface area contributed by atoms with Gasteiger partial charge in [0.1, 0.15) is 17.7 Å². The molecule has 8 heteroatoms. The SMILES string of the molecule is CC1Cc2cccnc2N1C1CC(OC(=O)Oc2ccc([N+](=O)[O-])cc2)C1. The molecule has 0 amide bonds. The minimum Gasteiger partial charge on any atom is -0.431 e. The predicted octanol–water partition coefficient (Wildman–Crippen LogP) is 3.49. The van der Waals surface area contributed by atoms with Crippen LogP contribution >= 0.6 is 0 Å². The van der Waals surface area contributed by atoms with Crippen LogP contribution in [-0.4, -0.2) is 34.3 Å². The number of rotatable bonds is 4. The van der Waals surface area contributed by atoms with Crippen LogP contribution in [0.1, 0.15) is 25.3 Å². The van der Waals surface area contributed by atoms with Crippen molar-refractivity contribution < 1.29 is 19.2 Å². The van der Waals surface area contributed by atoms with Gasteiger partial charge >= 0.3 is 6.16 Å². The second-order valence-electron chi connectivity index (χ2n) is 6.91. The number of nitrogens with zero attached hydrogens (tertiary/aromatic N) is 3. The Kier molecular flexibility index (Phi) is 4.39. The van der Waals surface area contributed by atoms with E-state index in [1.54, 1.807) is 6.20 Å². The lowest BCUT2D eigenvalue weighted by atomic mass is 9.87. The van der Waals surface area contributed by atoms with Gasteiger partial charge in [-0.15, -0.1) is 0 Å². The fourth-order valence-corrected chi connectivity index (χ4v) is 3.73. The number of ether oxygens (including phenoxy) is 2. The lowest BCUT2D eigenvalue weighted by Gasteiger charge is -2.43. The number of nitro groups is 1. The average Bonchev–Trinajstić information content (AvgIpc) is 2.94. The maximum absolute atomic E-state index is 11.9. The molecular formula is C19H19N3O5. The van der Waals surface area contributed by atoms with Gasteiger partial charge in [0, 0.05) is 43.3 Å². The number of fused-ring (bicyclic) bond motifs is 1. The molecular weight excluding hydrogens is 350 g/mol. The molecule has 1 unspecified atom stereocenters. The molecule has 140 valence electrons. The van der Waals surface area contributed by atoms with Crippen molar-refractivity contribution in [1.82, 2.24) is 4.98 Å². The van der Waals surface area contributed by atoms with E-state index in [1.807, 2.05) is 6.07 Å². The first-order valence-corrected chi connectivity index (χ1v) is 8.86. The number of non-ortho nitro benzene ring substituents is 1. The maximum Gasteiger partial charge on any atom is 0.514 e. The summed E-state index contributed by atoms with van der Waals surface area (Å²) in [6, 6.07) is 10.0. The first kappa shape index (κ1) is 17.3. The van der Waals surface area contributed by atoms with Crippen LogP contribution in [0, 0.1) is 10.1 Å². The number of hydrogen-bond donors (Lipinski definition) is 0. The summed E-state index contributed by atoms with van der Waals surface area (Å²) in [6.07, 6.45) is 3.26. The largest absolute Gasteiger partial charge is 0.514 e. The highest BCUT2D eigenvalue weighted by atomic mass is 16.7. The zero-order valence-electron chi connectivity index (χ0n) is 14.8. The Labute approximate surface area is 155 Å². The van der Waals surface area contributed by atoms with E-state index in [0.29, 0.717) is 12.1 Å². The van der Waals surface area contributed by atoms with Crippen molar-refractivity contribution in [2.45, 2.75) is 44.4 Å². The molecule has 4 rings (SSSR count). The third-order valence-corrected chi connectivity index (χ3v) is 5.08. The molecule has 1 aliphatic carbocycles. The Morgan fingerprint density at radius 1 is 1.26 bits per heavy atom. The predicted molar refractivity (Wildman–Crippen MR) is 96.9 cm³/mol. The van der Waals surface area contributed by atoms with Gasteiger partial charge in [0.2, 0.25) is 0 Å². The van der Waals surface area contributed by atoms with Crippen LogP contribution in [0.25, 0.3) is 0 Å². The summed E-state index contributed by atoms with van der Waals surface area (Å²) in [4.78, 5) is 28.9. The van der Waals surface area contributed by atoms with Gasteiger partial charge in [0.25, 0.3) is 5.69 Å². The Morgan fingerprint density at radius 2 is 2.00 bits per heavy atom. The van der Waals surface area contributed by atoms with Crippen LogP contribution in [0.3, 0.4) is 0 Å². The number of benzene rings is 1. The Bertz CT molecular complexity index is 864. The van der Waals surface area contributed by atoms with Crippen molar-refractivity contribution in [3.05, 3.63) is 58.3 Å². The minimum absolute atomic E-state index is 0.0637. The molecule has 1 aromatic carbocycles. The highest BCUT2D eigenvalue weighted by Crippen LogP contribution is 2.39. The number of nitro benzene ring substituents is 1. The van der Waals surface area contributed by atoms with Gasteiger partial charge in [0.15, 0.2) is 0 Å². The van der Waals surface area contributed by atoms with Gasteiger partial charge in [-0.1, -0.05) is 6.07 Å². The van der Waals surface area contributed by atoms with Crippen LogP contribution in [-0.2, 0) is 11.2 Å². The molecule has 0 bridgehead atoms. The number of carbonyl (C=O) groups excluding carboxylic acids is 1. The summed E-state index contributed by atoms with van der Waals surface area (Å²) in [5.74, 6) is 1.25. The summed E-state index contributed by atoms with van der Waals surface area (Å²) in [5.41, 5.74) is 1.19. The maximum atomic E-state index is 11.9. The van der Waals surface area contributed by atoms with E-state index in [1.165, 1.54) is 29.8 Å². The molecule has 2 heterocycles. The van der Waals surface area contributed by atoms with Gasteiger partial charge < -0.3 is 14.4 Å². The summed E-state index contributed by atoms with van der Waals surface area (Å²) in [5, 5.41) is 10.6. The van der Waals surface area contributed by atoms with Crippen LogP contribution in [0.4, 0.5) is 16.3 Å². The molecule has 2 aromatic rings. The standard InChI is InChI=1S/C19H19N3O5/c1-12-9-13-3-2-8-20-18(13)21(12)15-10-17(11-15)27-19(23)26-16-6-4-14(5-7-16)22(24)25/h2-8,12,15,17H,9-11H2,1H3. The highest BCUT2D eigenvalue weighted by Gasteiger charge is 2.42. The number of aromatic nitrogens is 1. The van der Waals surface area contributed by atoms with Crippen molar-refractivity contribution in [3.8, 4) is 5.75 Å². The first-order chi connectivity index (χ1) is 13.0. The van der Waals surface area contributed by atoms with Crippen LogP contribution in [0.15, 0.2) is 42.6 Å².